The van der Waals surface area contributed by atoms with Crippen LogP contribution in [0.15, 0.2) is 60.8 Å². The van der Waals surface area contributed by atoms with Gasteiger partial charge in [0.25, 0.3) is 5.91 Å². The summed E-state index contributed by atoms with van der Waals surface area (Å²) in [6.45, 7) is 4.54. The van der Waals surface area contributed by atoms with Crippen molar-refractivity contribution in [2.45, 2.75) is 26.7 Å². The largest absolute Gasteiger partial charge is 0.324 e. The number of halogens is 1. The van der Waals surface area contributed by atoms with Crippen LogP contribution in [-0.2, 0) is 6.54 Å². The van der Waals surface area contributed by atoms with E-state index in [2.05, 4.69) is 25.7 Å². The second-order valence-electron chi connectivity index (χ2n) is 7.60. The normalized spacial score (nSPS) is 14.8. The minimum Gasteiger partial charge on any atom is -0.324 e. The lowest BCUT2D eigenvalue weighted by Crippen LogP contribution is -2.15. The summed E-state index contributed by atoms with van der Waals surface area (Å²) in [6.07, 6.45) is 0.360. The Kier molecular flexibility index (Phi) is 4.89. The number of carbonyl (C=O) groups is 1. The van der Waals surface area contributed by atoms with Crippen LogP contribution in [-0.4, -0.2) is 25.7 Å². The smallest absolute Gasteiger partial charge is 0.254 e. The highest BCUT2D eigenvalue weighted by Gasteiger charge is 2.28. The number of hydrogen-bond donors (Lipinski definition) is 2. The van der Waals surface area contributed by atoms with Crippen molar-refractivity contribution in [1.82, 2.24) is 25.1 Å². The highest BCUT2D eigenvalue weighted by Crippen LogP contribution is 2.30. The molecule has 2 aromatic heterocycles. The van der Waals surface area contributed by atoms with E-state index in [0.717, 1.165) is 22.4 Å². The van der Waals surface area contributed by atoms with E-state index in [1.807, 2.05) is 56.4 Å². The summed E-state index contributed by atoms with van der Waals surface area (Å²) in [6, 6.07) is 17.0. The maximum atomic E-state index is 14.0. The van der Waals surface area contributed by atoms with Crippen LogP contribution in [0.3, 0.4) is 0 Å². The molecular weight excluding hydrogens is 407 g/mol. The fourth-order valence-corrected chi connectivity index (χ4v) is 3.68. The van der Waals surface area contributed by atoms with Crippen LogP contribution >= 0.6 is 0 Å². The molecule has 5 rings (SSSR count). The van der Waals surface area contributed by atoms with Crippen molar-refractivity contribution in [3.63, 3.8) is 0 Å². The predicted octanol–water partition coefficient (Wildman–Crippen LogP) is 4.79. The SMILES string of the molecule is CCn1nc(-c2ccc(-c3ccc(C)nc3)cc2)nc1Nc1ccc2c(c1)C(F)NC2=O. The first-order chi connectivity index (χ1) is 15.5. The number of nitrogens with one attached hydrogen (secondary N) is 2. The second kappa shape index (κ2) is 7.88. The van der Waals surface area contributed by atoms with E-state index in [-0.39, 0.29) is 0 Å². The number of aryl methyl sites for hydroxylation is 2. The molecule has 1 unspecified atom stereocenters. The van der Waals surface area contributed by atoms with Crippen molar-refractivity contribution in [1.29, 1.82) is 0 Å². The number of benzene rings is 2. The molecule has 0 saturated carbocycles. The van der Waals surface area contributed by atoms with E-state index in [1.54, 1.807) is 22.9 Å². The predicted molar refractivity (Wildman–Crippen MR) is 120 cm³/mol. The number of aromatic nitrogens is 4. The van der Waals surface area contributed by atoms with E-state index >= 15 is 0 Å². The van der Waals surface area contributed by atoms with Crippen LogP contribution in [0.4, 0.5) is 16.0 Å². The average molecular weight is 428 g/mol. The number of carbonyl (C=O) groups excluding carboxylic acids is 1. The molecule has 0 spiro atoms. The van der Waals surface area contributed by atoms with E-state index in [0.29, 0.717) is 35.1 Å². The highest BCUT2D eigenvalue weighted by molar-refractivity contribution is 5.99. The number of alkyl halides is 1. The molecule has 7 nitrogen and oxygen atoms in total. The maximum absolute atomic E-state index is 14.0. The van der Waals surface area contributed by atoms with Gasteiger partial charge in [-0.25, -0.2) is 9.07 Å². The van der Waals surface area contributed by atoms with Crippen LogP contribution in [0.2, 0.25) is 0 Å². The third-order valence-corrected chi connectivity index (χ3v) is 5.44. The van der Waals surface area contributed by atoms with Crippen LogP contribution in [0.25, 0.3) is 22.5 Å². The molecule has 0 aliphatic carbocycles. The summed E-state index contributed by atoms with van der Waals surface area (Å²) in [5.41, 5.74) is 5.29. The quantitative estimate of drug-likeness (QED) is 0.447. The van der Waals surface area contributed by atoms with E-state index < -0.39 is 12.2 Å². The van der Waals surface area contributed by atoms with Crippen molar-refractivity contribution >= 4 is 17.5 Å². The molecule has 2 N–H and O–H groups in total. The topological polar surface area (TPSA) is 84.7 Å². The van der Waals surface area contributed by atoms with E-state index in [4.69, 9.17) is 0 Å². The summed E-state index contributed by atoms with van der Waals surface area (Å²) < 4.78 is 15.8. The lowest BCUT2D eigenvalue weighted by molar-refractivity contribution is 0.0928. The standard InChI is InChI=1S/C24H21FN6O/c1-3-31-24(27-18-10-11-19-20(12-18)21(25)28-23(19)32)29-22(30-31)16-8-6-15(7-9-16)17-5-4-14(2)26-13-17/h4-13,21H,3H2,1-2H3,(H,28,32)(H,27,29,30). The van der Waals surface area contributed by atoms with Gasteiger partial charge in [-0.1, -0.05) is 30.3 Å². The third kappa shape index (κ3) is 3.60. The van der Waals surface area contributed by atoms with Gasteiger partial charge >= 0.3 is 0 Å². The van der Waals surface area contributed by atoms with Gasteiger partial charge in [0, 0.05) is 46.4 Å². The van der Waals surface area contributed by atoms with Gasteiger partial charge in [0.15, 0.2) is 12.1 Å². The van der Waals surface area contributed by atoms with Gasteiger partial charge in [-0.05, 0) is 43.7 Å². The fraction of sp³-hybridized carbons (Fsp3) is 0.167. The molecule has 1 amide bonds. The molecule has 1 aliphatic heterocycles. The van der Waals surface area contributed by atoms with Gasteiger partial charge in [-0.15, -0.1) is 5.10 Å². The Bertz CT molecular complexity index is 1300. The van der Waals surface area contributed by atoms with E-state index in [9.17, 15) is 9.18 Å². The van der Waals surface area contributed by atoms with Gasteiger partial charge in [-0.2, -0.15) is 4.98 Å². The molecule has 1 aliphatic rings. The Balaban J connectivity index is 1.41. The number of rotatable bonds is 5. The van der Waals surface area contributed by atoms with Gasteiger partial charge in [0.2, 0.25) is 5.95 Å². The zero-order chi connectivity index (χ0) is 22.2. The van der Waals surface area contributed by atoms with Crippen molar-refractivity contribution < 1.29 is 9.18 Å². The van der Waals surface area contributed by atoms with Crippen LogP contribution < -0.4 is 10.6 Å². The molecule has 2 aromatic carbocycles. The zero-order valence-electron chi connectivity index (χ0n) is 17.6. The Hall–Kier alpha value is -4.07. The molecule has 0 saturated heterocycles. The van der Waals surface area contributed by atoms with Crippen molar-refractivity contribution in [2.24, 2.45) is 0 Å². The minimum absolute atomic E-state index is 0.323. The lowest BCUT2D eigenvalue weighted by atomic mass is 10.1. The molecule has 32 heavy (non-hydrogen) atoms. The Labute approximate surface area is 184 Å². The Morgan fingerprint density at radius 1 is 1.06 bits per heavy atom. The first kappa shape index (κ1) is 19.9. The van der Waals surface area contributed by atoms with Gasteiger partial charge in [0.05, 0.1) is 0 Å². The minimum atomic E-state index is -1.50. The second-order valence-corrected chi connectivity index (χ2v) is 7.60. The summed E-state index contributed by atoms with van der Waals surface area (Å²) in [7, 11) is 0. The Morgan fingerprint density at radius 3 is 2.53 bits per heavy atom. The lowest BCUT2D eigenvalue weighted by Gasteiger charge is -2.08. The zero-order valence-corrected chi connectivity index (χ0v) is 17.6. The summed E-state index contributed by atoms with van der Waals surface area (Å²) in [5, 5.41) is 10.1. The van der Waals surface area contributed by atoms with Crippen LogP contribution in [0, 0.1) is 6.92 Å². The number of nitrogens with zero attached hydrogens (tertiary/aromatic N) is 4. The van der Waals surface area contributed by atoms with Crippen molar-refractivity contribution in [3.8, 4) is 22.5 Å². The molecule has 8 heteroatoms. The monoisotopic (exact) mass is 428 g/mol. The number of hydrogen-bond acceptors (Lipinski definition) is 5. The molecular formula is C24H21FN6O. The highest BCUT2D eigenvalue weighted by atomic mass is 19.1. The van der Waals surface area contributed by atoms with Gasteiger partial charge in [-0.3, -0.25) is 9.78 Å². The number of fused-ring (bicyclic) bond motifs is 1. The summed E-state index contributed by atoms with van der Waals surface area (Å²) in [4.78, 5) is 20.7. The molecule has 4 aromatic rings. The molecule has 1 atom stereocenters. The first-order valence-corrected chi connectivity index (χ1v) is 10.4. The number of pyridine rings is 1. The third-order valence-electron chi connectivity index (χ3n) is 5.44. The molecule has 0 bridgehead atoms. The molecule has 0 radical (unpaired) electrons. The molecule has 0 fully saturated rings. The summed E-state index contributed by atoms with van der Waals surface area (Å²) in [5.74, 6) is 0.731. The van der Waals surface area contributed by atoms with Crippen molar-refractivity contribution in [2.75, 3.05) is 5.32 Å². The van der Waals surface area contributed by atoms with Gasteiger partial charge in [0.1, 0.15) is 0 Å². The van der Waals surface area contributed by atoms with Crippen LogP contribution in [0.5, 0.6) is 0 Å². The average Bonchev–Trinajstić information content (AvgIpc) is 3.34. The first-order valence-electron chi connectivity index (χ1n) is 10.4. The van der Waals surface area contributed by atoms with Gasteiger partial charge < -0.3 is 10.6 Å². The maximum Gasteiger partial charge on any atom is 0.254 e. The van der Waals surface area contributed by atoms with Crippen molar-refractivity contribution in [3.05, 3.63) is 77.6 Å². The fourth-order valence-electron chi connectivity index (χ4n) is 3.68. The molecule has 3 heterocycles. The number of amides is 1. The van der Waals surface area contributed by atoms with E-state index in [1.165, 1.54) is 0 Å². The summed E-state index contributed by atoms with van der Waals surface area (Å²) >= 11 is 0. The number of anilines is 2. The van der Waals surface area contributed by atoms with Crippen LogP contribution in [0.1, 0.15) is 34.8 Å². The molecule has 160 valence electrons. The Morgan fingerprint density at radius 2 is 1.81 bits per heavy atom.